The normalized spacial score (nSPS) is 14.8. The molecule has 1 aliphatic rings. The first-order valence-corrected chi connectivity index (χ1v) is 10.7. The number of carbonyl (C=O) groups is 1. The molecule has 3 rings (SSSR count). The second kappa shape index (κ2) is 10.2. The van der Waals surface area contributed by atoms with E-state index < -0.39 is 0 Å². The summed E-state index contributed by atoms with van der Waals surface area (Å²) >= 11 is 18.7. The van der Waals surface area contributed by atoms with Gasteiger partial charge in [-0.25, -0.2) is 0 Å². The Morgan fingerprint density at radius 1 is 1.07 bits per heavy atom. The van der Waals surface area contributed by atoms with Gasteiger partial charge in [0.05, 0.1) is 21.6 Å². The van der Waals surface area contributed by atoms with Gasteiger partial charge in [0, 0.05) is 0 Å². The number of amides is 1. The lowest BCUT2D eigenvalue weighted by molar-refractivity contribution is -0.115. The lowest BCUT2D eigenvalue weighted by atomic mass is 10.2. The van der Waals surface area contributed by atoms with E-state index in [1.807, 2.05) is 19.1 Å². The van der Waals surface area contributed by atoms with Crippen LogP contribution in [0.3, 0.4) is 0 Å². The van der Waals surface area contributed by atoms with Crippen molar-refractivity contribution in [2.45, 2.75) is 6.92 Å². The third-order valence-corrected chi connectivity index (χ3v) is 5.45. The fourth-order valence-corrected chi connectivity index (χ4v) is 4.01. The van der Waals surface area contributed by atoms with Gasteiger partial charge in [-0.1, -0.05) is 59.3 Å². The fourth-order valence-electron chi connectivity index (χ4n) is 2.50. The van der Waals surface area contributed by atoms with Crippen LogP contribution in [-0.2, 0) is 4.79 Å². The van der Waals surface area contributed by atoms with Gasteiger partial charge in [-0.3, -0.25) is 4.79 Å². The summed E-state index contributed by atoms with van der Waals surface area (Å²) in [5.74, 6) is 1.25. The van der Waals surface area contributed by atoms with E-state index in [0.717, 1.165) is 0 Å². The predicted molar refractivity (Wildman–Crippen MR) is 121 cm³/mol. The maximum atomic E-state index is 11.9. The number of thioether (sulfide) groups is 1. The Balaban J connectivity index is 1.71. The molecule has 152 valence electrons. The zero-order valence-electron chi connectivity index (χ0n) is 15.4. The van der Waals surface area contributed by atoms with E-state index in [4.69, 9.17) is 49.6 Å². The second-order valence-corrected chi connectivity index (χ2v) is 8.28. The summed E-state index contributed by atoms with van der Waals surface area (Å²) in [6.07, 6.45) is 1.71. The summed E-state index contributed by atoms with van der Waals surface area (Å²) in [5, 5.41) is 3.48. The van der Waals surface area contributed by atoms with Crippen molar-refractivity contribution >= 4 is 63.5 Å². The SMILES string of the molecule is CCOc1cc(C=C2SC(=S)NC2=O)cc(Cl)c1OCCOc1ccccc1Cl. The maximum absolute atomic E-state index is 11.9. The molecule has 1 amide bonds. The van der Waals surface area contributed by atoms with Crippen molar-refractivity contribution in [2.24, 2.45) is 0 Å². The molecule has 1 N–H and O–H groups in total. The Kier molecular flexibility index (Phi) is 7.66. The smallest absolute Gasteiger partial charge is 0.263 e. The molecule has 0 unspecified atom stereocenters. The zero-order chi connectivity index (χ0) is 20.8. The number of nitrogens with one attached hydrogen (secondary N) is 1. The molecular formula is C20H17Cl2NO4S2. The van der Waals surface area contributed by atoms with Gasteiger partial charge >= 0.3 is 0 Å². The quantitative estimate of drug-likeness (QED) is 0.320. The Morgan fingerprint density at radius 2 is 1.83 bits per heavy atom. The Bertz CT molecular complexity index is 965. The van der Waals surface area contributed by atoms with E-state index in [1.54, 1.807) is 30.3 Å². The lowest BCUT2D eigenvalue weighted by Crippen LogP contribution is -2.17. The first-order valence-electron chi connectivity index (χ1n) is 8.69. The average Bonchev–Trinajstić information content (AvgIpc) is 2.99. The predicted octanol–water partition coefficient (Wildman–Crippen LogP) is 5.34. The van der Waals surface area contributed by atoms with Gasteiger partial charge in [0.15, 0.2) is 11.5 Å². The van der Waals surface area contributed by atoms with Crippen LogP contribution in [0.1, 0.15) is 12.5 Å². The number of thiocarbonyl (C=S) groups is 1. The minimum absolute atomic E-state index is 0.230. The standard InChI is InChI=1S/C20H17Cl2NO4S2/c1-2-25-16-10-12(11-17-19(24)23-20(28)29-17)9-14(22)18(16)27-8-7-26-15-6-4-3-5-13(15)21/h3-6,9-11H,2,7-8H2,1H3,(H,23,24,28). The van der Waals surface area contributed by atoms with E-state index in [9.17, 15) is 4.79 Å². The van der Waals surface area contributed by atoms with Gasteiger partial charge in [-0.15, -0.1) is 0 Å². The molecule has 9 heteroatoms. The summed E-state index contributed by atoms with van der Waals surface area (Å²) in [4.78, 5) is 12.4. The number of ether oxygens (including phenoxy) is 3. The van der Waals surface area contributed by atoms with Crippen LogP contribution in [-0.4, -0.2) is 30.0 Å². The van der Waals surface area contributed by atoms with Crippen LogP contribution in [0, 0.1) is 0 Å². The van der Waals surface area contributed by atoms with Crippen molar-refractivity contribution in [3.63, 3.8) is 0 Å². The number of hydrogen-bond acceptors (Lipinski definition) is 6. The minimum Gasteiger partial charge on any atom is -0.490 e. The van der Waals surface area contributed by atoms with Crippen LogP contribution in [0.15, 0.2) is 41.3 Å². The average molecular weight is 470 g/mol. The summed E-state index contributed by atoms with van der Waals surface area (Å²) in [6, 6.07) is 10.7. The lowest BCUT2D eigenvalue weighted by Gasteiger charge is -2.15. The molecule has 0 spiro atoms. The summed E-state index contributed by atoms with van der Waals surface area (Å²) < 4.78 is 17.5. The number of para-hydroxylation sites is 1. The molecule has 1 aliphatic heterocycles. The van der Waals surface area contributed by atoms with Gasteiger partial charge < -0.3 is 19.5 Å². The van der Waals surface area contributed by atoms with Gasteiger partial charge in [0.25, 0.3) is 5.91 Å². The van der Waals surface area contributed by atoms with E-state index in [1.165, 1.54) is 11.8 Å². The largest absolute Gasteiger partial charge is 0.490 e. The summed E-state index contributed by atoms with van der Waals surface area (Å²) in [5.41, 5.74) is 0.709. The van der Waals surface area contributed by atoms with E-state index in [2.05, 4.69) is 5.32 Å². The molecule has 2 aromatic carbocycles. The van der Waals surface area contributed by atoms with Crippen molar-refractivity contribution in [1.82, 2.24) is 5.32 Å². The molecule has 1 heterocycles. The summed E-state index contributed by atoms with van der Waals surface area (Å²) in [7, 11) is 0. The van der Waals surface area contributed by atoms with Gasteiger partial charge in [0.1, 0.15) is 23.3 Å². The van der Waals surface area contributed by atoms with E-state index in [-0.39, 0.29) is 19.1 Å². The van der Waals surface area contributed by atoms with Crippen LogP contribution in [0.4, 0.5) is 0 Å². The van der Waals surface area contributed by atoms with Crippen LogP contribution in [0.2, 0.25) is 10.0 Å². The number of hydrogen-bond donors (Lipinski definition) is 1. The fraction of sp³-hybridized carbons (Fsp3) is 0.200. The molecule has 0 bridgehead atoms. The third-order valence-electron chi connectivity index (χ3n) is 3.70. The molecule has 0 saturated carbocycles. The van der Waals surface area contributed by atoms with E-state index >= 15 is 0 Å². The van der Waals surface area contributed by atoms with Crippen molar-refractivity contribution in [1.29, 1.82) is 0 Å². The molecule has 1 fully saturated rings. The van der Waals surface area contributed by atoms with Crippen molar-refractivity contribution < 1.29 is 19.0 Å². The molecule has 29 heavy (non-hydrogen) atoms. The molecule has 0 radical (unpaired) electrons. The molecule has 5 nitrogen and oxygen atoms in total. The topological polar surface area (TPSA) is 56.8 Å². The molecule has 0 aliphatic carbocycles. The Hall–Kier alpha value is -1.93. The van der Waals surface area contributed by atoms with Gasteiger partial charge in [-0.2, -0.15) is 0 Å². The molecule has 1 saturated heterocycles. The van der Waals surface area contributed by atoms with Crippen LogP contribution in [0.5, 0.6) is 17.2 Å². The van der Waals surface area contributed by atoms with Crippen LogP contribution < -0.4 is 19.5 Å². The molecule has 0 atom stereocenters. The summed E-state index contributed by atoms with van der Waals surface area (Å²) in [6.45, 7) is 2.83. The van der Waals surface area contributed by atoms with Crippen molar-refractivity contribution in [2.75, 3.05) is 19.8 Å². The van der Waals surface area contributed by atoms with E-state index in [0.29, 0.717) is 48.7 Å². The highest BCUT2D eigenvalue weighted by molar-refractivity contribution is 8.26. The highest BCUT2D eigenvalue weighted by Crippen LogP contribution is 2.38. The van der Waals surface area contributed by atoms with Crippen molar-refractivity contribution in [3.05, 3.63) is 56.9 Å². The monoisotopic (exact) mass is 469 g/mol. The molecule has 0 aromatic heterocycles. The Labute approximate surface area is 188 Å². The molecular weight excluding hydrogens is 453 g/mol. The zero-order valence-corrected chi connectivity index (χ0v) is 18.5. The maximum Gasteiger partial charge on any atom is 0.263 e. The number of carbonyl (C=O) groups excluding carboxylic acids is 1. The number of rotatable bonds is 8. The number of benzene rings is 2. The van der Waals surface area contributed by atoms with Crippen LogP contribution in [0.25, 0.3) is 6.08 Å². The highest BCUT2D eigenvalue weighted by atomic mass is 35.5. The minimum atomic E-state index is -0.230. The van der Waals surface area contributed by atoms with Crippen LogP contribution >= 0.6 is 47.2 Å². The molecule has 2 aromatic rings. The third kappa shape index (κ3) is 5.79. The first-order chi connectivity index (χ1) is 14.0. The highest BCUT2D eigenvalue weighted by Gasteiger charge is 2.22. The van der Waals surface area contributed by atoms with Crippen molar-refractivity contribution in [3.8, 4) is 17.2 Å². The van der Waals surface area contributed by atoms with Gasteiger partial charge in [-0.05, 0) is 42.8 Å². The Morgan fingerprint density at radius 3 is 2.52 bits per heavy atom. The second-order valence-electron chi connectivity index (χ2n) is 5.74. The van der Waals surface area contributed by atoms with Gasteiger partial charge in [0.2, 0.25) is 0 Å². The first kappa shape index (κ1) is 21.8. The number of halogens is 2.